The smallest absolute Gasteiger partial charge is 0.236 e. The Morgan fingerprint density at radius 2 is 1.95 bits per heavy atom. The molecule has 0 atom stereocenters. The Labute approximate surface area is 112 Å². The molecule has 0 spiro atoms. The van der Waals surface area contributed by atoms with Crippen LogP contribution in [0.25, 0.3) is 10.9 Å². The summed E-state index contributed by atoms with van der Waals surface area (Å²) in [5.41, 5.74) is 2.00. The number of hydrogen-bond acceptors (Lipinski definition) is 2. The van der Waals surface area contributed by atoms with E-state index in [1.54, 1.807) is 0 Å². The molecule has 2 N–H and O–H groups in total. The van der Waals surface area contributed by atoms with Crippen molar-refractivity contribution in [1.29, 1.82) is 0 Å². The molecule has 0 bridgehead atoms. The highest BCUT2D eigenvalue weighted by molar-refractivity contribution is 5.95. The van der Waals surface area contributed by atoms with E-state index >= 15 is 0 Å². The lowest BCUT2D eigenvalue weighted by molar-refractivity contribution is -0.129. The molecule has 2 aromatic rings. The Kier molecular flexibility index (Phi) is 3.25. The van der Waals surface area contributed by atoms with Crippen LogP contribution in [0.1, 0.15) is 12.6 Å². The molecule has 2 heterocycles. The summed E-state index contributed by atoms with van der Waals surface area (Å²) in [6.45, 7) is 5.24. The number of fused-ring (bicyclic) bond motifs is 1. The van der Waals surface area contributed by atoms with E-state index in [0.29, 0.717) is 0 Å². The molecule has 99 valence electrons. The molecule has 0 aliphatic carbocycles. The van der Waals surface area contributed by atoms with Crippen molar-refractivity contribution in [2.45, 2.75) is 6.92 Å². The summed E-state index contributed by atoms with van der Waals surface area (Å²) in [6.07, 6.45) is 0. The number of rotatable bonds is 2. The molecule has 0 unspecified atom stereocenters. The predicted octanol–water partition coefficient (Wildman–Crippen LogP) is 1.54. The van der Waals surface area contributed by atoms with Gasteiger partial charge in [0.1, 0.15) is 5.92 Å². The lowest BCUT2D eigenvalue weighted by Crippen LogP contribution is -2.47. The lowest BCUT2D eigenvalue weighted by atomic mass is 10.1. The zero-order valence-corrected chi connectivity index (χ0v) is 11.1. The van der Waals surface area contributed by atoms with E-state index in [-0.39, 0.29) is 5.91 Å². The van der Waals surface area contributed by atoms with Crippen LogP contribution in [0.5, 0.6) is 0 Å². The highest BCUT2D eigenvalue weighted by atomic mass is 16.2. The fourth-order valence-corrected chi connectivity index (χ4v) is 2.50. The molecule has 4 heteroatoms. The predicted molar refractivity (Wildman–Crippen MR) is 75.8 cm³/mol. The summed E-state index contributed by atoms with van der Waals surface area (Å²) >= 11 is 0. The third-order valence-corrected chi connectivity index (χ3v) is 3.66. The van der Waals surface area contributed by atoms with Crippen LogP contribution < -0.4 is 5.32 Å². The number of aromatic nitrogens is 1. The SMILES string of the molecule is C[C](C(=O)N1CCNCC1)c1cc2ccccc2[nH]1. The van der Waals surface area contributed by atoms with E-state index in [1.165, 1.54) is 0 Å². The second-order valence-corrected chi connectivity index (χ2v) is 4.94. The van der Waals surface area contributed by atoms with Gasteiger partial charge in [-0.25, -0.2) is 0 Å². The minimum atomic E-state index is 0.132. The Morgan fingerprint density at radius 1 is 1.21 bits per heavy atom. The summed E-state index contributed by atoms with van der Waals surface area (Å²) in [7, 11) is 0. The first-order chi connectivity index (χ1) is 9.25. The highest BCUT2D eigenvalue weighted by Crippen LogP contribution is 2.22. The molecule has 3 rings (SSSR count). The average Bonchev–Trinajstić information content (AvgIpc) is 2.90. The maximum atomic E-state index is 12.4. The fourth-order valence-electron chi connectivity index (χ4n) is 2.50. The number of H-pyrrole nitrogens is 1. The number of para-hydroxylation sites is 1. The molecule has 1 saturated heterocycles. The van der Waals surface area contributed by atoms with Crippen LogP contribution in [-0.2, 0) is 4.79 Å². The molecule has 1 amide bonds. The molecule has 0 saturated carbocycles. The van der Waals surface area contributed by atoms with Crippen molar-refractivity contribution >= 4 is 16.8 Å². The van der Waals surface area contributed by atoms with E-state index in [1.807, 2.05) is 36.1 Å². The number of hydrogen-bond donors (Lipinski definition) is 2. The standard InChI is InChI=1S/C15H18N3O/c1-11(15(19)18-8-6-16-7-9-18)14-10-12-4-2-3-5-13(12)17-14/h2-5,10,16-17H,6-9H2,1H3. The zero-order chi connectivity index (χ0) is 13.2. The largest absolute Gasteiger partial charge is 0.357 e. The topological polar surface area (TPSA) is 48.1 Å². The number of aromatic amines is 1. The lowest BCUT2D eigenvalue weighted by Gasteiger charge is -2.29. The third kappa shape index (κ3) is 2.36. The van der Waals surface area contributed by atoms with Gasteiger partial charge in [-0.05, 0) is 24.4 Å². The third-order valence-electron chi connectivity index (χ3n) is 3.66. The number of nitrogens with one attached hydrogen (secondary N) is 2. The molecule has 1 aliphatic rings. The molecule has 1 radical (unpaired) electrons. The normalized spacial score (nSPS) is 16.2. The number of carbonyl (C=O) groups is 1. The first-order valence-corrected chi connectivity index (χ1v) is 6.67. The fraction of sp³-hybridized carbons (Fsp3) is 0.333. The van der Waals surface area contributed by atoms with E-state index < -0.39 is 0 Å². The van der Waals surface area contributed by atoms with Gasteiger partial charge in [0.15, 0.2) is 0 Å². The first kappa shape index (κ1) is 12.2. The average molecular weight is 256 g/mol. The Bertz CT molecular complexity index is 551. The first-order valence-electron chi connectivity index (χ1n) is 6.67. The molecule has 4 nitrogen and oxygen atoms in total. The molecular formula is C15H18N3O. The van der Waals surface area contributed by atoms with Crippen LogP contribution in [-0.4, -0.2) is 42.0 Å². The maximum Gasteiger partial charge on any atom is 0.236 e. The van der Waals surface area contributed by atoms with Crippen LogP contribution >= 0.6 is 0 Å². The van der Waals surface area contributed by atoms with E-state index in [2.05, 4.69) is 16.4 Å². The van der Waals surface area contributed by atoms with Gasteiger partial charge in [0.05, 0.1) is 0 Å². The van der Waals surface area contributed by atoms with Crippen molar-refractivity contribution in [3.05, 3.63) is 41.9 Å². The van der Waals surface area contributed by atoms with Gasteiger partial charge in [0.2, 0.25) is 5.91 Å². The number of carbonyl (C=O) groups excluding carboxylic acids is 1. The second-order valence-electron chi connectivity index (χ2n) is 4.94. The molecule has 1 aromatic carbocycles. The Morgan fingerprint density at radius 3 is 2.68 bits per heavy atom. The van der Waals surface area contributed by atoms with Gasteiger partial charge >= 0.3 is 0 Å². The minimum Gasteiger partial charge on any atom is -0.357 e. The van der Waals surface area contributed by atoms with E-state index in [4.69, 9.17) is 0 Å². The quantitative estimate of drug-likeness (QED) is 0.856. The van der Waals surface area contributed by atoms with Gasteiger partial charge in [0.25, 0.3) is 0 Å². The van der Waals surface area contributed by atoms with Crippen LogP contribution in [0.15, 0.2) is 30.3 Å². The monoisotopic (exact) mass is 256 g/mol. The molecule has 1 aliphatic heterocycles. The van der Waals surface area contributed by atoms with E-state index in [0.717, 1.165) is 48.7 Å². The number of piperazine rings is 1. The van der Waals surface area contributed by atoms with Crippen molar-refractivity contribution < 1.29 is 4.79 Å². The summed E-state index contributed by atoms with van der Waals surface area (Å²) < 4.78 is 0. The molecular weight excluding hydrogens is 238 g/mol. The summed E-state index contributed by atoms with van der Waals surface area (Å²) in [6, 6.07) is 10.1. The molecule has 1 fully saturated rings. The second kappa shape index (κ2) is 5.05. The van der Waals surface area contributed by atoms with Gasteiger partial charge < -0.3 is 15.2 Å². The van der Waals surface area contributed by atoms with Gasteiger partial charge in [-0.1, -0.05) is 18.2 Å². The highest BCUT2D eigenvalue weighted by Gasteiger charge is 2.25. The Hall–Kier alpha value is -1.81. The maximum absolute atomic E-state index is 12.4. The number of amides is 1. The van der Waals surface area contributed by atoms with Gasteiger partial charge in [0, 0.05) is 37.4 Å². The van der Waals surface area contributed by atoms with Crippen molar-refractivity contribution in [1.82, 2.24) is 15.2 Å². The van der Waals surface area contributed by atoms with Crippen molar-refractivity contribution in [3.63, 3.8) is 0 Å². The van der Waals surface area contributed by atoms with Crippen LogP contribution in [0.2, 0.25) is 0 Å². The summed E-state index contributed by atoms with van der Waals surface area (Å²) in [4.78, 5) is 17.6. The van der Waals surface area contributed by atoms with Gasteiger partial charge in [-0.15, -0.1) is 0 Å². The summed E-state index contributed by atoms with van der Waals surface area (Å²) in [5.74, 6) is 0.922. The van der Waals surface area contributed by atoms with Gasteiger partial charge in [-0.2, -0.15) is 0 Å². The number of nitrogens with zero attached hydrogens (tertiary/aromatic N) is 1. The van der Waals surface area contributed by atoms with Crippen molar-refractivity contribution in [3.8, 4) is 0 Å². The van der Waals surface area contributed by atoms with E-state index in [9.17, 15) is 4.79 Å². The van der Waals surface area contributed by atoms with Crippen molar-refractivity contribution in [2.24, 2.45) is 0 Å². The number of benzene rings is 1. The van der Waals surface area contributed by atoms with Crippen LogP contribution in [0.3, 0.4) is 0 Å². The van der Waals surface area contributed by atoms with Crippen LogP contribution in [0, 0.1) is 5.92 Å². The molecule has 1 aromatic heterocycles. The van der Waals surface area contributed by atoms with Crippen LogP contribution in [0.4, 0.5) is 0 Å². The Balaban J connectivity index is 1.82. The zero-order valence-electron chi connectivity index (χ0n) is 11.1. The van der Waals surface area contributed by atoms with Crippen molar-refractivity contribution in [2.75, 3.05) is 26.2 Å². The molecule has 19 heavy (non-hydrogen) atoms. The minimum absolute atomic E-state index is 0.132. The van der Waals surface area contributed by atoms with Gasteiger partial charge in [-0.3, -0.25) is 4.79 Å². The summed E-state index contributed by atoms with van der Waals surface area (Å²) in [5, 5.41) is 4.40.